The highest BCUT2D eigenvalue weighted by Gasteiger charge is 2.27. The zero-order valence-corrected chi connectivity index (χ0v) is 13.0. The number of nitrogens with zero attached hydrogens (tertiary/aromatic N) is 2. The third kappa shape index (κ3) is 3.30. The first-order chi connectivity index (χ1) is 9.52. The van der Waals surface area contributed by atoms with Crippen molar-refractivity contribution in [2.24, 2.45) is 0 Å². The molecule has 2 unspecified atom stereocenters. The monoisotopic (exact) mass is 279 g/mol. The van der Waals surface area contributed by atoms with Gasteiger partial charge in [-0.15, -0.1) is 0 Å². The summed E-state index contributed by atoms with van der Waals surface area (Å²) >= 11 is 0. The van der Waals surface area contributed by atoms with Crippen molar-refractivity contribution in [3.05, 3.63) is 29.6 Å². The van der Waals surface area contributed by atoms with Crippen LogP contribution in [0.25, 0.3) is 0 Å². The predicted molar refractivity (Wildman–Crippen MR) is 82.8 cm³/mol. The molecule has 1 saturated heterocycles. The molecule has 0 saturated carbocycles. The maximum Gasteiger partial charge on any atom is 0.123 e. The van der Waals surface area contributed by atoms with Gasteiger partial charge in [-0.25, -0.2) is 4.39 Å². The van der Waals surface area contributed by atoms with Gasteiger partial charge in [0, 0.05) is 30.9 Å². The number of nitrogens with one attached hydrogen (secondary N) is 1. The van der Waals surface area contributed by atoms with Crippen LogP contribution >= 0.6 is 0 Å². The van der Waals surface area contributed by atoms with Crippen LogP contribution in [-0.4, -0.2) is 45.2 Å². The van der Waals surface area contributed by atoms with Crippen molar-refractivity contribution in [1.82, 2.24) is 10.2 Å². The lowest BCUT2D eigenvalue weighted by molar-refractivity contribution is 0.372. The topological polar surface area (TPSA) is 18.5 Å². The van der Waals surface area contributed by atoms with Gasteiger partial charge in [-0.05, 0) is 64.7 Å². The second-order valence-corrected chi connectivity index (χ2v) is 5.97. The highest BCUT2D eigenvalue weighted by Crippen LogP contribution is 2.32. The van der Waals surface area contributed by atoms with E-state index in [-0.39, 0.29) is 11.9 Å². The molecule has 112 valence electrons. The summed E-state index contributed by atoms with van der Waals surface area (Å²) in [7, 11) is 6.14. The summed E-state index contributed by atoms with van der Waals surface area (Å²) in [4.78, 5) is 4.68. The van der Waals surface area contributed by atoms with E-state index in [1.807, 2.05) is 13.1 Å². The molecule has 2 atom stereocenters. The molecule has 1 heterocycles. The van der Waals surface area contributed by atoms with Crippen LogP contribution in [0.5, 0.6) is 0 Å². The van der Waals surface area contributed by atoms with Crippen molar-refractivity contribution in [3.63, 3.8) is 0 Å². The number of halogens is 1. The van der Waals surface area contributed by atoms with E-state index in [9.17, 15) is 4.39 Å². The van der Waals surface area contributed by atoms with E-state index in [1.165, 1.54) is 18.5 Å². The first-order valence-corrected chi connectivity index (χ1v) is 7.41. The van der Waals surface area contributed by atoms with Crippen molar-refractivity contribution >= 4 is 5.69 Å². The van der Waals surface area contributed by atoms with Crippen LogP contribution in [0.2, 0.25) is 0 Å². The molecule has 20 heavy (non-hydrogen) atoms. The lowest BCUT2D eigenvalue weighted by Gasteiger charge is -2.32. The Bertz CT molecular complexity index is 447. The Labute approximate surface area is 121 Å². The number of likely N-dealkylation sites (N-methyl/N-ethyl adjacent to an activating group) is 1. The second-order valence-electron chi connectivity index (χ2n) is 5.97. The zero-order chi connectivity index (χ0) is 14.7. The van der Waals surface area contributed by atoms with Gasteiger partial charge >= 0.3 is 0 Å². The lowest BCUT2D eigenvalue weighted by atomic mass is 10.0. The van der Waals surface area contributed by atoms with Crippen molar-refractivity contribution in [3.8, 4) is 0 Å². The first kappa shape index (κ1) is 15.3. The minimum Gasteiger partial charge on any atom is -0.367 e. The van der Waals surface area contributed by atoms with Crippen molar-refractivity contribution in [2.75, 3.05) is 39.1 Å². The average molecular weight is 279 g/mol. The van der Waals surface area contributed by atoms with Gasteiger partial charge in [0.15, 0.2) is 0 Å². The zero-order valence-electron chi connectivity index (χ0n) is 13.0. The molecule has 3 nitrogen and oxygen atoms in total. The first-order valence-electron chi connectivity index (χ1n) is 7.41. The summed E-state index contributed by atoms with van der Waals surface area (Å²) in [6, 6.07) is 5.86. The molecule has 1 aromatic rings. The van der Waals surface area contributed by atoms with Crippen molar-refractivity contribution < 1.29 is 4.39 Å². The Morgan fingerprint density at radius 3 is 2.85 bits per heavy atom. The molecule has 1 N–H and O–H groups in total. The fourth-order valence-corrected chi connectivity index (χ4v) is 3.05. The summed E-state index contributed by atoms with van der Waals surface area (Å²) in [6.45, 7) is 4.19. The highest BCUT2D eigenvalue weighted by molar-refractivity contribution is 5.56. The fourth-order valence-electron chi connectivity index (χ4n) is 3.05. The molecule has 0 amide bonds. The van der Waals surface area contributed by atoms with E-state index in [4.69, 9.17) is 0 Å². The standard InChI is InChI=1S/C16H26FN3/c1-12(18-2)15-10-13(17)7-8-16(15)20-9-5-6-14(20)11-19(3)4/h7-8,10,12,14,18H,5-6,9,11H2,1-4H3. The van der Waals surface area contributed by atoms with Crippen LogP contribution in [0.1, 0.15) is 31.4 Å². The summed E-state index contributed by atoms with van der Waals surface area (Å²) in [5.41, 5.74) is 2.23. The summed E-state index contributed by atoms with van der Waals surface area (Å²) in [6.07, 6.45) is 2.42. The SMILES string of the molecule is CNC(C)c1cc(F)ccc1N1CCCC1CN(C)C. The summed E-state index contributed by atoms with van der Waals surface area (Å²) < 4.78 is 13.6. The number of benzene rings is 1. The van der Waals surface area contributed by atoms with E-state index in [1.54, 1.807) is 12.1 Å². The van der Waals surface area contributed by atoms with Crippen LogP contribution < -0.4 is 10.2 Å². The normalized spacial score (nSPS) is 20.7. The smallest absolute Gasteiger partial charge is 0.123 e. The molecule has 4 heteroatoms. The molecule has 0 radical (unpaired) electrons. The van der Waals surface area contributed by atoms with Gasteiger partial charge in [-0.1, -0.05) is 0 Å². The number of rotatable bonds is 5. The van der Waals surface area contributed by atoms with Crippen LogP contribution in [-0.2, 0) is 0 Å². The predicted octanol–water partition coefficient (Wildman–Crippen LogP) is 2.64. The Morgan fingerprint density at radius 1 is 1.45 bits per heavy atom. The molecule has 1 aliphatic heterocycles. The third-order valence-corrected chi connectivity index (χ3v) is 4.15. The van der Waals surface area contributed by atoms with E-state index in [2.05, 4.69) is 36.1 Å². The Hall–Kier alpha value is -1.13. The fraction of sp³-hybridized carbons (Fsp3) is 0.625. The van der Waals surface area contributed by atoms with Crippen LogP contribution in [0.15, 0.2) is 18.2 Å². The van der Waals surface area contributed by atoms with E-state index < -0.39 is 0 Å². The molecular formula is C16H26FN3. The molecule has 0 spiro atoms. The third-order valence-electron chi connectivity index (χ3n) is 4.15. The van der Waals surface area contributed by atoms with Crippen molar-refractivity contribution in [1.29, 1.82) is 0 Å². The van der Waals surface area contributed by atoms with Gasteiger partial charge in [-0.2, -0.15) is 0 Å². The largest absolute Gasteiger partial charge is 0.367 e. The quantitative estimate of drug-likeness (QED) is 0.894. The Kier molecular flexibility index (Phi) is 5.00. The van der Waals surface area contributed by atoms with Crippen LogP contribution in [0.4, 0.5) is 10.1 Å². The van der Waals surface area contributed by atoms with Gasteiger partial charge in [0.2, 0.25) is 0 Å². The lowest BCUT2D eigenvalue weighted by Crippen LogP contribution is -2.38. The molecular weight excluding hydrogens is 253 g/mol. The second kappa shape index (κ2) is 6.55. The number of hydrogen-bond donors (Lipinski definition) is 1. The van der Waals surface area contributed by atoms with Gasteiger partial charge in [-0.3, -0.25) is 0 Å². The molecule has 1 aromatic carbocycles. The summed E-state index contributed by atoms with van der Waals surface area (Å²) in [5.74, 6) is -0.158. The molecule has 0 bridgehead atoms. The molecule has 2 rings (SSSR count). The minimum absolute atomic E-state index is 0.154. The van der Waals surface area contributed by atoms with Gasteiger partial charge in [0.25, 0.3) is 0 Å². The Balaban J connectivity index is 2.31. The summed E-state index contributed by atoms with van der Waals surface area (Å²) in [5, 5.41) is 3.22. The number of anilines is 1. The van der Waals surface area contributed by atoms with E-state index >= 15 is 0 Å². The van der Waals surface area contributed by atoms with E-state index in [0.717, 1.165) is 18.7 Å². The van der Waals surface area contributed by atoms with Gasteiger partial charge in [0.1, 0.15) is 5.82 Å². The van der Waals surface area contributed by atoms with Crippen LogP contribution in [0, 0.1) is 5.82 Å². The molecule has 1 fully saturated rings. The van der Waals surface area contributed by atoms with Gasteiger partial charge < -0.3 is 15.1 Å². The number of hydrogen-bond acceptors (Lipinski definition) is 3. The molecule has 0 aromatic heterocycles. The van der Waals surface area contributed by atoms with Crippen LogP contribution in [0.3, 0.4) is 0 Å². The molecule has 0 aliphatic carbocycles. The van der Waals surface area contributed by atoms with Gasteiger partial charge in [0.05, 0.1) is 0 Å². The highest BCUT2D eigenvalue weighted by atomic mass is 19.1. The minimum atomic E-state index is -0.158. The maximum absolute atomic E-state index is 13.6. The maximum atomic E-state index is 13.6. The Morgan fingerprint density at radius 2 is 2.20 bits per heavy atom. The van der Waals surface area contributed by atoms with Crippen molar-refractivity contribution in [2.45, 2.75) is 31.8 Å². The van der Waals surface area contributed by atoms with E-state index in [0.29, 0.717) is 6.04 Å². The molecule has 1 aliphatic rings. The average Bonchev–Trinajstić information content (AvgIpc) is 2.85.